The van der Waals surface area contributed by atoms with Crippen LogP contribution >= 0.6 is 11.8 Å². The number of carboxylic acids is 1. The number of fused-ring (bicyclic) bond motifs is 1. The third-order valence-electron chi connectivity index (χ3n) is 6.33. The summed E-state index contributed by atoms with van der Waals surface area (Å²) in [4.78, 5) is 22.1. The molecule has 40 heavy (non-hydrogen) atoms. The first-order valence-corrected chi connectivity index (χ1v) is 14.5. The van der Waals surface area contributed by atoms with Crippen molar-refractivity contribution in [2.24, 2.45) is 5.41 Å². The molecule has 212 valence electrons. The van der Waals surface area contributed by atoms with Gasteiger partial charge in [0.2, 0.25) is 6.41 Å². The summed E-state index contributed by atoms with van der Waals surface area (Å²) in [5.74, 6) is 5.32. The Morgan fingerprint density at radius 2 is 1.80 bits per heavy atom. The van der Waals surface area contributed by atoms with E-state index >= 15 is 0 Å². The summed E-state index contributed by atoms with van der Waals surface area (Å²) in [7, 11) is -0.600. The van der Waals surface area contributed by atoms with E-state index in [-0.39, 0.29) is 0 Å². The molecular weight excluding hydrogens is 571 g/mol. The van der Waals surface area contributed by atoms with Gasteiger partial charge in [-0.15, -0.1) is 16.9 Å². The first kappa shape index (κ1) is 29.4. The Bertz CT molecular complexity index is 1470. The molecule has 1 aromatic heterocycles. The molecule has 2 N–H and O–H groups in total. The SMILES string of the molecule is CS[C@@H](Cn1nnc2cc(C#Cc3ccc(N4CC5(C4)CS(=O)C5)cc3)ccc21)N(O)C=O.O=C(O)C(F)(F)F. The van der Waals surface area contributed by atoms with Crippen LogP contribution in [0.4, 0.5) is 18.9 Å². The van der Waals surface area contributed by atoms with Crippen LogP contribution in [0.3, 0.4) is 0 Å². The molecule has 2 aliphatic heterocycles. The van der Waals surface area contributed by atoms with Crippen molar-refractivity contribution in [1.29, 1.82) is 0 Å². The van der Waals surface area contributed by atoms with E-state index in [0.29, 0.717) is 28.9 Å². The molecule has 10 nitrogen and oxygen atoms in total. The number of alkyl halides is 3. The third kappa shape index (κ3) is 6.75. The Balaban J connectivity index is 0.000000470. The van der Waals surface area contributed by atoms with E-state index in [0.717, 1.165) is 41.2 Å². The second kappa shape index (κ2) is 11.9. The maximum atomic E-state index is 11.4. The Morgan fingerprint density at radius 1 is 1.20 bits per heavy atom. The van der Waals surface area contributed by atoms with E-state index in [1.165, 1.54) is 17.4 Å². The van der Waals surface area contributed by atoms with E-state index in [1.807, 2.05) is 36.6 Å². The minimum atomic E-state index is -5.08. The number of carboxylic acid groups (broad SMARTS) is 1. The quantitative estimate of drug-likeness (QED) is 0.145. The lowest BCUT2D eigenvalue weighted by Gasteiger charge is -2.55. The van der Waals surface area contributed by atoms with Crippen LogP contribution in [-0.2, 0) is 26.9 Å². The molecule has 15 heteroatoms. The average Bonchev–Trinajstić information content (AvgIpc) is 3.29. The van der Waals surface area contributed by atoms with Crippen LogP contribution in [0.15, 0.2) is 42.5 Å². The van der Waals surface area contributed by atoms with Gasteiger partial charge in [0.05, 0.1) is 12.1 Å². The van der Waals surface area contributed by atoms with Crippen molar-refractivity contribution in [3.8, 4) is 11.8 Å². The van der Waals surface area contributed by atoms with Gasteiger partial charge in [-0.25, -0.2) is 14.5 Å². The molecule has 2 fully saturated rings. The van der Waals surface area contributed by atoms with E-state index < -0.39 is 28.3 Å². The summed E-state index contributed by atoms with van der Waals surface area (Å²) in [6.07, 6.45) is -2.88. The van der Waals surface area contributed by atoms with Crippen molar-refractivity contribution in [2.45, 2.75) is 18.1 Å². The van der Waals surface area contributed by atoms with Crippen LogP contribution in [-0.4, -0.2) is 89.4 Å². The highest BCUT2D eigenvalue weighted by atomic mass is 32.2. The number of rotatable bonds is 6. The molecule has 2 aliphatic rings. The predicted octanol–water partition coefficient (Wildman–Crippen LogP) is 2.57. The lowest BCUT2D eigenvalue weighted by Crippen LogP contribution is -2.67. The lowest BCUT2D eigenvalue weighted by atomic mass is 9.82. The van der Waals surface area contributed by atoms with Gasteiger partial charge < -0.3 is 10.0 Å². The van der Waals surface area contributed by atoms with Crippen LogP contribution in [0.1, 0.15) is 11.1 Å². The van der Waals surface area contributed by atoms with E-state index in [1.54, 1.807) is 4.68 Å². The topological polar surface area (TPSA) is 129 Å². The fraction of sp³-hybridized carbons (Fsp3) is 0.360. The number of hydrogen-bond acceptors (Lipinski definition) is 8. The van der Waals surface area contributed by atoms with Crippen molar-refractivity contribution < 1.29 is 37.3 Å². The molecule has 0 unspecified atom stereocenters. The standard InChI is InChI=1S/C23H23N5O3S2.C2HF3O2/c1-32-22(28(30)16-29)11-27-21-9-6-18(10-20(21)24-25-27)3-2-17-4-7-19(8-5-17)26-12-23(13-26)14-33(31)15-23;3-2(4,5)1(6)7/h4-10,16,22,30H,11-15H2,1H3;(H,6,7)/t22-;/m0./s1. The average molecular weight is 596 g/mol. The van der Waals surface area contributed by atoms with Crippen LogP contribution in [0, 0.1) is 17.3 Å². The molecule has 1 amide bonds. The molecule has 3 aromatic rings. The molecular formula is C25H24F3N5O5S2. The van der Waals surface area contributed by atoms with Gasteiger partial charge in [0, 0.05) is 57.6 Å². The molecule has 0 radical (unpaired) electrons. The summed E-state index contributed by atoms with van der Waals surface area (Å²) >= 11 is 1.35. The Hall–Kier alpha value is -3.61. The zero-order chi connectivity index (χ0) is 29.1. The second-order valence-corrected chi connectivity index (χ2v) is 11.8. The molecule has 1 spiro atoms. The van der Waals surface area contributed by atoms with Gasteiger partial charge in [-0.3, -0.25) is 14.2 Å². The molecule has 3 heterocycles. The number of aromatic nitrogens is 3. The first-order chi connectivity index (χ1) is 18.9. The molecule has 0 aliphatic carbocycles. The molecule has 5 rings (SSSR count). The van der Waals surface area contributed by atoms with Gasteiger partial charge in [-0.05, 0) is 48.7 Å². The minimum Gasteiger partial charge on any atom is -0.475 e. The van der Waals surface area contributed by atoms with Crippen LogP contribution in [0.5, 0.6) is 0 Å². The molecule has 0 bridgehead atoms. The van der Waals surface area contributed by atoms with Crippen molar-refractivity contribution in [1.82, 2.24) is 20.1 Å². The van der Waals surface area contributed by atoms with Crippen molar-refractivity contribution >= 4 is 51.7 Å². The summed E-state index contributed by atoms with van der Waals surface area (Å²) in [5, 5.41) is 25.3. The highest BCUT2D eigenvalue weighted by molar-refractivity contribution is 7.99. The second-order valence-electron chi connectivity index (χ2n) is 9.34. The molecule has 0 saturated carbocycles. The molecule has 2 aromatic carbocycles. The van der Waals surface area contributed by atoms with Crippen LogP contribution in [0.25, 0.3) is 11.0 Å². The Labute approximate surface area is 233 Å². The van der Waals surface area contributed by atoms with Crippen molar-refractivity contribution in [3.63, 3.8) is 0 Å². The van der Waals surface area contributed by atoms with Gasteiger partial charge in [0.15, 0.2) is 0 Å². The van der Waals surface area contributed by atoms with E-state index in [9.17, 15) is 27.4 Å². The number of hydroxylamine groups is 2. The van der Waals surface area contributed by atoms with Gasteiger partial charge in [0.25, 0.3) is 0 Å². The highest BCUT2D eigenvalue weighted by Gasteiger charge is 2.51. The number of anilines is 1. The fourth-order valence-electron chi connectivity index (χ4n) is 4.34. The summed E-state index contributed by atoms with van der Waals surface area (Å²) in [6.45, 7) is 2.31. The van der Waals surface area contributed by atoms with E-state index in [4.69, 9.17) is 9.90 Å². The molecule has 2 saturated heterocycles. The number of amides is 1. The predicted molar refractivity (Wildman–Crippen MR) is 143 cm³/mol. The largest absolute Gasteiger partial charge is 0.490 e. The number of carbonyl (C=O) groups excluding carboxylic acids is 1. The normalized spacial score (nSPS) is 16.6. The third-order valence-corrected chi connectivity index (χ3v) is 9.11. The monoisotopic (exact) mass is 595 g/mol. The van der Waals surface area contributed by atoms with Gasteiger partial charge in [-0.2, -0.15) is 13.2 Å². The Morgan fingerprint density at radius 3 is 2.35 bits per heavy atom. The smallest absolute Gasteiger partial charge is 0.475 e. The van der Waals surface area contributed by atoms with Gasteiger partial charge in [0.1, 0.15) is 10.9 Å². The number of thioether (sulfide) groups is 1. The zero-order valence-corrected chi connectivity index (χ0v) is 22.7. The molecule has 1 atom stereocenters. The number of halogens is 3. The fourth-order valence-corrected chi connectivity index (χ4v) is 6.54. The van der Waals surface area contributed by atoms with Gasteiger partial charge >= 0.3 is 12.1 Å². The minimum absolute atomic E-state index is 0.298. The maximum Gasteiger partial charge on any atom is 0.490 e. The highest BCUT2D eigenvalue weighted by Crippen LogP contribution is 2.41. The summed E-state index contributed by atoms with van der Waals surface area (Å²) in [6, 6.07) is 13.9. The van der Waals surface area contributed by atoms with Crippen molar-refractivity contribution in [3.05, 3.63) is 53.6 Å². The number of benzene rings is 2. The first-order valence-electron chi connectivity index (χ1n) is 11.7. The number of aliphatic carboxylic acids is 1. The van der Waals surface area contributed by atoms with E-state index in [2.05, 4.69) is 39.2 Å². The van der Waals surface area contributed by atoms with Gasteiger partial charge in [-0.1, -0.05) is 17.1 Å². The summed E-state index contributed by atoms with van der Waals surface area (Å²) in [5.41, 5.74) is 4.76. The number of carbonyl (C=O) groups is 2. The lowest BCUT2D eigenvalue weighted by molar-refractivity contribution is -0.192. The van der Waals surface area contributed by atoms with Crippen molar-refractivity contribution in [2.75, 3.05) is 35.8 Å². The maximum absolute atomic E-state index is 11.4. The van der Waals surface area contributed by atoms with Crippen LogP contribution < -0.4 is 4.90 Å². The number of nitrogens with zero attached hydrogens (tertiary/aromatic N) is 5. The Kier molecular flexibility index (Phi) is 8.71. The zero-order valence-electron chi connectivity index (χ0n) is 21.0. The summed E-state index contributed by atoms with van der Waals surface area (Å²) < 4.78 is 44.8. The van der Waals surface area contributed by atoms with Crippen LogP contribution in [0.2, 0.25) is 0 Å². The number of hydrogen-bond donors (Lipinski definition) is 2.